The molecular weight excluding hydrogens is 344 g/mol. The largest absolute Gasteiger partial charge is 0.492 e. The van der Waals surface area contributed by atoms with Crippen LogP contribution in [0, 0.1) is 0 Å². The second-order valence-electron chi connectivity index (χ2n) is 4.13. The minimum Gasteiger partial charge on any atom is -0.492 e. The van der Waals surface area contributed by atoms with E-state index in [1.165, 1.54) is 0 Å². The van der Waals surface area contributed by atoms with Gasteiger partial charge in [0.25, 0.3) is 0 Å². The van der Waals surface area contributed by atoms with Gasteiger partial charge in [-0.1, -0.05) is 15.9 Å². The van der Waals surface area contributed by atoms with Crippen LogP contribution in [0.5, 0.6) is 5.75 Å². The molecule has 0 saturated heterocycles. The molecule has 1 amide bonds. The van der Waals surface area contributed by atoms with Crippen molar-refractivity contribution in [1.82, 2.24) is 10.2 Å². The van der Waals surface area contributed by atoms with Gasteiger partial charge in [-0.3, -0.25) is 4.79 Å². The Morgan fingerprint density at radius 2 is 2.00 bits per heavy atom. The number of halogens is 2. The lowest BCUT2D eigenvalue weighted by Gasteiger charge is -2.21. The molecule has 0 aromatic heterocycles. The van der Waals surface area contributed by atoms with Gasteiger partial charge < -0.3 is 15.0 Å². The maximum Gasteiger partial charge on any atom is 0.223 e. The van der Waals surface area contributed by atoms with Gasteiger partial charge in [-0.05, 0) is 38.2 Å². The average molecular weight is 366 g/mol. The summed E-state index contributed by atoms with van der Waals surface area (Å²) in [5.74, 6) is 0.984. The molecule has 0 saturated carbocycles. The summed E-state index contributed by atoms with van der Waals surface area (Å²) in [4.78, 5) is 13.7. The van der Waals surface area contributed by atoms with Crippen molar-refractivity contribution < 1.29 is 9.53 Å². The number of nitrogens with zero attached hydrogens (tertiary/aromatic N) is 1. The Hall–Kier alpha value is -0.780. The zero-order valence-electron chi connectivity index (χ0n) is 11.9. The highest BCUT2D eigenvalue weighted by molar-refractivity contribution is 9.10. The van der Waals surface area contributed by atoms with Crippen molar-refractivity contribution in [1.29, 1.82) is 0 Å². The van der Waals surface area contributed by atoms with Crippen molar-refractivity contribution in [2.45, 2.75) is 13.3 Å². The van der Waals surface area contributed by atoms with Gasteiger partial charge in [-0.25, -0.2) is 0 Å². The first-order valence-corrected chi connectivity index (χ1v) is 7.27. The molecule has 0 spiro atoms. The van der Waals surface area contributed by atoms with E-state index in [0.717, 1.165) is 10.2 Å². The van der Waals surface area contributed by atoms with Gasteiger partial charge in [0.15, 0.2) is 0 Å². The van der Waals surface area contributed by atoms with E-state index in [0.29, 0.717) is 32.7 Å². The van der Waals surface area contributed by atoms with E-state index in [4.69, 9.17) is 4.74 Å². The zero-order valence-corrected chi connectivity index (χ0v) is 14.3. The van der Waals surface area contributed by atoms with E-state index in [1.54, 1.807) is 0 Å². The van der Waals surface area contributed by atoms with Gasteiger partial charge in [-0.2, -0.15) is 0 Å². The quantitative estimate of drug-likeness (QED) is 0.770. The van der Waals surface area contributed by atoms with Crippen molar-refractivity contribution in [2.75, 3.05) is 33.3 Å². The molecule has 1 aromatic carbocycles. The molecule has 1 rings (SSSR count). The summed E-state index contributed by atoms with van der Waals surface area (Å²) >= 11 is 3.38. The maximum atomic E-state index is 11.8. The van der Waals surface area contributed by atoms with Crippen LogP contribution in [0.15, 0.2) is 28.7 Å². The van der Waals surface area contributed by atoms with Crippen LogP contribution in [0.4, 0.5) is 0 Å². The summed E-state index contributed by atoms with van der Waals surface area (Å²) in [6.07, 6.45) is 0.530. The number of hydrogen-bond donors (Lipinski definition) is 1. The molecular formula is C14H22BrClN2O2. The molecule has 0 radical (unpaired) electrons. The third kappa shape index (κ3) is 7.12. The molecule has 0 aliphatic carbocycles. The Kier molecular flexibility index (Phi) is 10.5. The fraction of sp³-hybridized carbons (Fsp3) is 0.500. The molecule has 114 valence electrons. The van der Waals surface area contributed by atoms with Crippen LogP contribution in [0.1, 0.15) is 13.3 Å². The molecule has 0 unspecified atom stereocenters. The van der Waals surface area contributed by atoms with Gasteiger partial charge in [0.2, 0.25) is 5.91 Å². The highest BCUT2D eigenvalue weighted by Crippen LogP contribution is 2.15. The standard InChI is InChI=1S/C14H21BrN2O2.ClH/c1-3-17(14(18)8-9-16-2)10-11-19-13-6-4-12(15)5-7-13;/h4-7,16H,3,8-11H2,1-2H3;1H. The molecule has 4 nitrogen and oxygen atoms in total. The number of amides is 1. The number of nitrogens with one attached hydrogen (secondary N) is 1. The lowest BCUT2D eigenvalue weighted by molar-refractivity contribution is -0.131. The first-order chi connectivity index (χ1) is 9.17. The van der Waals surface area contributed by atoms with Crippen LogP contribution in [0.2, 0.25) is 0 Å². The fourth-order valence-corrected chi connectivity index (χ4v) is 1.92. The van der Waals surface area contributed by atoms with Crippen molar-refractivity contribution in [2.24, 2.45) is 0 Å². The minimum absolute atomic E-state index is 0. The van der Waals surface area contributed by atoms with Crippen molar-refractivity contribution in [3.8, 4) is 5.75 Å². The molecule has 0 fully saturated rings. The van der Waals surface area contributed by atoms with E-state index in [-0.39, 0.29) is 18.3 Å². The van der Waals surface area contributed by atoms with E-state index in [1.807, 2.05) is 43.1 Å². The van der Waals surface area contributed by atoms with E-state index in [2.05, 4.69) is 21.2 Å². The van der Waals surface area contributed by atoms with E-state index in [9.17, 15) is 4.79 Å². The summed E-state index contributed by atoms with van der Waals surface area (Å²) in [7, 11) is 1.85. The average Bonchev–Trinajstić information content (AvgIpc) is 2.43. The third-order valence-electron chi connectivity index (χ3n) is 2.77. The number of ether oxygens (including phenoxy) is 1. The molecule has 20 heavy (non-hydrogen) atoms. The summed E-state index contributed by atoms with van der Waals surface area (Å²) in [6.45, 7) is 4.54. The van der Waals surface area contributed by atoms with Crippen molar-refractivity contribution in [3.05, 3.63) is 28.7 Å². The SMILES string of the molecule is CCN(CCOc1ccc(Br)cc1)C(=O)CCNC.Cl. The molecule has 1 aromatic rings. The second kappa shape index (κ2) is 10.9. The fourth-order valence-electron chi connectivity index (χ4n) is 1.65. The van der Waals surface area contributed by atoms with Crippen LogP contribution in [-0.4, -0.2) is 44.1 Å². The predicted octanol–water partition coefficient (Wildman–Crippen LogP) is 2.71. The molecule has 0 aliphatic rings. The summed E-state index contributed by atoms with van der Waals surface area (Å²) in [6, 6.07) is 7.68. The number of hydrogen-bond acceptors (Lipinski definition) is 3. The molecule has 0 bridgehead atoms. The lowest BCUT2D eigenvalue weighted by atomic mass is 10.3. The second-order valence-corrected chi connectivity index (χ2v) is 5.05. The molecule has 0 atom stereocenters. The molecule has 1 N–H and O–H groups in total. The third-order valence-corrected chi connectivity index (χ3v) is 3.30. The van der Waals surface area contributed by atoms with Crippen LogP contribution >= 0.6 is 28.3 Å². The van der Waals surface area contributed by atoms with Crippen LogP contribution in [0.3, 0.4) is 0 Å². The van der Waals surface area contributed by atoms with Gasteiger partial charge in [-0.15, -0.1) is 12.4 Å². The molecule has 6 heteroatoms. The van der Waals surface area contributed by atoms with E-state index >= 15 is 0 Å². The van der Waals surface area contributed by atoms with Gasteiger partial charge >= 0.3 is 0 Å². The smallest absolute Gasteiger partial charge is 0.223 e. The topological polar surface area (TPSA) is 41.6 Å². The molecule has 0 aliphatic heterocycles. The Morgan fingerprint density at radius 3 is 2.55 bits per heavy atom. The Labute approximate surface area is 135 Å². The molecule has 0 heterocycles. The monoisotopic (exact) mass is 364 g/mol. The van der Waals surface area contributed by atoms with Crippen molar-refractivity contribution in [3.63, 3.8) is 0 Å². The maximum absolute atomic E-state index is 11.8. The lowest BCUT2D eigenvalue weighted by Crippen LogP contribution is -2.35. The van der Waals surface area contributed by atoms with Gasteiger partial charge in [0, 0.05) is 24.0 Å². The van der Waals surface area contributed by atoms with Crippen LogP contribution in [0.25, 0.3) is 0 Å². The van der Waals surface area contributed by atoms with Crippen molar-refractivity contribution >= 4 is 34.2 Å². The first kappa shape index (κ1) is 19.2. The zero-order chi connectivity index (χ0) is 14.1. The van der Waals surface area contributed by atoms with Crippen LogP contribution in [-0.2, 0) is 4.79 Å². The highest BCUT2D eigenvalue weighted by atomic mass is 79.9. The van der Waals surface area contributed by atoms with Gasteiger partial charge in [0.1, 0.15) is 12.4 Å². The summed E-state index contributed by atoms with van der Waals surface area (Å²) < 4.78 is 6.64. The number of carbonyl (C=O) groups excluding carboxylic acids is 1. The summed E-state index contributed by atoms with van der Waals surface area (Å²) in [5, 5.41) is 2.98. The summed E-state index contributed by atoms with van der Waals surface area (Å²) in [5.41, 5.74) is 0. The Balaban J connectivity index is 0.00000361. The Morgan fingerprint density at radius 1 is 1.35 bits per heavy atom. The number of likely N-dealkylation sites (N-methyl/N-ethyl adjacent to an activating group) is 1. The minimum atomic E-state index is 0. The number of benzene rings is 1. The normalized spacial score (nSPS) is 9.75. The van der Waals surface area contributed by atoms with Crippen LogP contribution < -0.4 is 10.1 Å². The predicted molar refractivity (Wildman–Crippen MR) is 87.7 cm³/mol. The number of carbonyl (C=O) groups is 1. The highest BCUT2D eigenvalue weighted by Gasteiger charge is 2.10. The first-order valence-electron chi connectivity index (χ1n) is 6.48. The number of rotatable bonds is 8. The van der Waals surface area contributed by atoms with Gasteiger partial charge in [0.05, 0.1) is 6.54 Å². The van der Waals surface area contributed by atoms with E-state index < -0.39 is 0 Å². The Bertz CT molecular complexity index is 387.